The summed E-state index contributed by atoms with van der Waals surface area (Å²) in [6.07, 6.45) is 3.63. The number of amides is 1. The highest BCUT2D eigenvalue weighted by atomic mass is 32.2. The Morgan fingerprint density at radius 3 is 2.46 bits per heavy atom. The van der Waals surface area contributed by atoms with E-state index in [1.54, 1.807) is 51.1 Å². The largest absolute Gasteiger partial charge is 0.454 e. The predicted molar refractivity (Wildman–Crippen MR) is 212 cm³/mol. The van der Waals surface area contributed by atoms with Crippen LogP contribution in [-0.4, -0.2) is 83.6 Å². The summed E-state index contributed by atoms with van der Waals surface area (Å²) in [5.41, 5.74) is 0.421. The topological polar surface area (TPSA) is 113 Å². The van der Waals surface area contributed by atoms with Crippen LogP contribution >= 0.6 is 0 Å². The van der Waals surface area contributed by atoms with Crippen molar-refractivity contribution in [2.75, 3.05) is 39.7 Å². The zero-order valence-corrected chi connectivity index (χ0v) is 34.3. The average Bonchev–Trinajstić information content (AvgIpc) is 3.76. The molecule has 6 rings (SSSR count). The molecule has 1 amide bonds. The number of hydrogen-bond acceptors (Lipinski definition) is 7. The summed E-state index contributed by atoms with van der Waals surface area (Å²) in [5, 5.41) is 5.10. The van der Waals surface area contributed by atoms with E-state index in [0.29, 0.717) is 31.5 Å². The molecule has 1 aliphatic heterocycles. The van der Waals surface area contributed by atoms with Crippen molar-refractivity contribution in [2.45, 2.75) is 64.8 Å². The van der Waals surface area contributed by atoms with E-state index in [-0.39, 0.29) is 51.2 Å². The Labute approximate surface area is 327 Å². The lowest BCUT2D eigenvalue weighted by Crippen LogP contribution is -2.33. The van der Waals surface area contributed by atoms with E-state index >= 15 is 13.2 Å². The van der Waals surface area contributed by atoms with Crippen LogP contribution < -0.4 is 4.74 Å². The van der Waals surface area contributed by atoms with Gasteiger partial charge in [-0.1, -0.05) is 51.5 Å². The average molecular weight is 793 g/mol. The molecule has 1 unspecified atom stereocenters. The van der Waals surface area contributed by atoms with E-state index in [9.17, 15) is 13.2 Å². The number of hydrogen-bond donors (Lipinski definition) is 1. The Balaban J connectivity index is 1.53. The summed E-state index contributed by atoms with van der Waals surface area (Å²) in [6.45, 7) is 7.75. The normalized spacial score (nSPS) is 20.5. The van der Waals surface area contributed by atoms with Gasteiger partial charge in [-0.2, -0.15) is 9.49 Å². The van der Waals surface area contributed by atoms with Gasteiger partial charge in [-0.05, 0) is 81.1 Å². The fourth-order valence-electron chi connectivity index (χ4n) is 8.05. The van der Waals surface area contributed by atoms with E-state index in [4.69, 9.17) is 14.8 Å². The molecule has 3 aromatic carbocycles. The van der Waals surface area contributed by atoms with Gasteiger partial charge in [-0.15, -0.1) is 0 Å². The molecule has 0 saturated heterocycles. The number of nitrogens with one attached hydrogen (secondary N) is 1. The third-order valence-corrected chi connectivity index (χ3v) is 13.1. The Kier molecular flexibility index (Phi) is 11.2. The van der Waals surface area contributed by atoms with Gasteiger partial charge in [-0.25, -0.2) is 26.9 Å². The highest BCUT2D eigenvalue weighted by Gasteiger charge is 2.38. The molecular formula is C42H51F3N6O4S. The maximum absolute atomic E-state index is 16.2. The lowest BCUT2D eigenvalue weighted by Gasteiger charge is -2.32. The number of fused-ring (bicyclic) bond motifs is 8. The van der Waals surface area contributed by atoms with Gasteiger partial charge in [0.25, 0.3) is 0 Å². The Morgan fingerprint density at radius 1 is 1.04 bits per heavy atom. The van der Waals surface area contributed by atoms with Gasteiger partial charge >= 0.3 is 0 Å². The maximum atomic E-state index is 16.2. The Hall–Kier alpha value is -4.69. The van der Waals surface area contributed by atoms with Crippen molar-refractivity contribution in [1.29, 1.82) is 0 Å². The first-order chi connectivity index (χ1) is 26.2. The van der Waals surface area contributed by atoms with Crippen molar-refractivity contribution < 1.29 is 31.1 Å². The van der Waals surface area contributed by atoms with Crippen LogP contribution in [0.15, 0.2) is 54.7 Å². The van der Waals surface area contributed by atoms with E-state index in [0.717, 1.165) is 17.2 Å². The molecule has 0 aliphatic carbocycles. The van der Waals surface area contributed by atoms with Crippen molar-refractivity contribution in [3.8, 4) is 22.9 Å². The van der Waals surface area contributed by atoms with Crippen LogP contribution in [0.2, 0.25) is 0 Å². The number of aryl methyl sites for hydroxylation is 1. The van der Waals surface area contributed by atoms with Gasteiger partial charge in [-0.3, -0.25) is 4.79 Å². The first kappa shape index (κ1) is 41.0. The van der Waals surface area contributed by atoms with Crippen molar-refractivity contribution in [3.05, 3.63) is 94.7 Å². The molecule has 3 heterocycles. The van der Waals surface area contributed by atoms with Crippen LogP contribution in [0.1, 0.15) is 75.5 Å². The van der Waals surface area contributed by atoms with Gasteiger partial charge in [0.1, 0.15) is 11.6 Å². The lowest BCUT2D eigenvalue weighted by atomic mass is 9.75. The summed E-state index contributed by atoms with van der Waals surface area (Å²) >= 11 is 0. The van der Waals surface area contributed by atoms with Crippen LogP contribution in [0.3, 0.4) is 0 Å². The monoisotopic (exact) mass is 792 g/mol. The summed E-state index contributed by atoms with van der Waals surface area (Å²) in [4.78, 5) is 23.7. The number of carbonyl (C=O) groups is 1. The zero-order valence-electron chi connectivity index (χ0n) is 33.5. The zero-order chi connectivity index (χ0) is 40.9. The number of nitrogens with zero attached hydrogens (tertiary/aromatic N) is 5. The third-order valence-electron chi connectivity index (χ3n) is 11.0. The number of halogens is 3. The number of aromatic nitrogens is 4. The summed E-state index contributed by atoms with van der Waals surface area (Å²) < 4.78 is 83.6. The number of ether oxygens (including phenoxy) is 1. The minimum absolute atomic E-state index is 0.0140. The van der Waals surface area contributed by atoms with Crippen molar-refractivity contribution in [1.82, 2.24) is 29.5 Å². The van der Waals surface area contributed by atoms with Crippen molar-refractivity contribution in [3.63, 3.8) is 0 Å². The van der Waals surface area contributed by atoms with Crippen LogP contribution in [0.4, 0.5) is 13.2 Å². The molecule has 5 aromatic rings. The van der Waals surface area contributed by atoms with E-state index in [1.807, 2.05) is 45.9 Å². The molecule has 1 N–H and O–H groups in total. The smallest absolute Gasteiger partial charge is 0.225 e. The first-order valence-corrected chi connectivity index (χ1v) is 20.6. The molecule has 14 heteroatoms. The number of sulfone groups is 1. The van der Waals surface area contributed by atoms with Gasteiger partial charge in [0, 0.05) is 44.2 Å². The van der Waals surface area contributed by atoms with Gasteiger partial charge in [0.2, 0.25) is 11.7 Å². The second kappa shape index (κ2) is 15.3. The second-order valence-corrected chi connectivity index (χ2v) is 18.8. The highest BCUT2D eigenvalue weighted by molar-refractivity contribution is 7.91. The Bertz CT molecular complexity index is 2390. The number of rotatable bonds is 5. The van der Waals surface area contributed by atoms with Crippen molar-refractivity contribution >= 4 is 26.6 Å². The molecule has 2 aromatic heterocycles. The fraction of sp³-hybridized carbons (Fsp3) is 0.452. The first-order valence-electron chi connectivity index (χ1n) is 18.8. The van der Waals surface area contributed by atoms with Crippen LogP contribution in [0.5, 0.6) is 11.5 Å². The predicted octanol–water partition coefficient (Wildman–Crippen LogP) is 7.97. The summed E-state index contributed by atoms with van der Waals surface area (Å²) in [7, 11) is 4.67. The highest BCUT2D eigenvalue weighted by Crippen LogP contribution is 2.44. The van der Waals surface area contributed by atoms with Gasteiger partial charge < -0.3 is 19.5 Å². The molecule has 0 radical (unpaired) electrons. The minimum atomic E-state index is -3.82. The molecule has 300 valence electrons. The number of benzene rings is 3. The summed E-state index contributed by atoms with van der Waals surface area (Å²) in [5.74, 6) is -3.80. The molecule has 0 spiro atoms. The lowest BCUT2D eigenvalue weighted by molar-refractivity contribution is -0.132. The molecule has 1 aliphatic rings. The molecule has 10 nitrogen and oxygen atoms in total. The molecule has 0 fully saturated rings. The van der Waals surface area contributed by atoms with E-state index in [2.05, 4.69) is 11.1 Å². The molecular weight excluding hydrogens is 742 g/mol. The molecule has 3 atom stereocenters. The van der Waals surface area contributed by atoms with Gasteiger partial charge in [0.15, 0.2) is 33.1 Å². The molecule has 0 saturated carbocycles. The fourth-order valence-corrected chi connectivity index (χ4v) is 10.5. The van der Waals surface area contributed by atoms with Crippen molar-refractivity contribution in [2.24, 2.45) is 18.4 Å². The number of H-pyrrole nitrogens is 1. The number of aromatic amines is 1. The maximum Gasteiger partial charge on any atom is 0.225 e. The minimum Gasteiger partial charge on any atom is -0.454 e. The van der Waals surface area contributed by atoms with E-state index < -0.39 is 55.7 Å². The Morgan fingerprint density at radius 2 is 1.77 bits per heavy atom. The standard InChI is InChI=1S/C42H51F3N6O4S/c1-25(39(52)50(7)8)20-26-12-10-13-27(21-26)42(4)18-11-17-41(2,3)24-56(53,54)23-32(49(5)6)33-29-16-19-46-36(29)34(44)35(45)37(33)55-28-14-15-31(43)30(22-28)38-47-40(42)48-51(38)9/h10,12-16,19,21-22,25,32,46H,11,17-18,20,23-24H2,1-9H3/t25-,32?,42-/m1/s1. The molecule has 56 heavy (non-hydrogen) atoms. The SMILES string of the molecule is C[C@H](Cc1cccc([C@@]2(C)CCCC(C)(C)CS(=O)(=O)CC(N(C)C)c3c(c(F)c(F)c4[nH]ccc34)Oc3ccc(F)c(c3)-c3nc2nn3C)c1)C(=O)N(C)C. The van der Waals surface area contributed by atoms with E-state index in [1.165, 1.54) is 23.0 Å². The second-order valence-electron chi connectivity index (χ2n) is 16.7. The number of carbonyl (C=O) groups excluding carboxylic acids is 1. The van der Waals surface area contributed by atoms with Gasteiger partial charge in [0.05, 0.1) is 34.0 Å². The van der Waals surface area contributed by atoms with Crippen LogP contribution in [0, 0.1) is 28.8 Å². The van der Waals surface area contributed by atoms with Crippen LogP contribution in [0.25, 0.3) is 22.3 Å². The quantitative estimate of drug-likeness (QED) is 0.192. The van der Waals surface area contributed by atoms with Crippen LogP contribution in [-0.2, 0) is 33.5 Å². The third kappa shape index (κ3) is 8.08. The summed E-state index contributed by atoms with van der Waals surface area (Å²) in [6, 6.07) is 12.4. The molecule has 4 bridgehead atoms.